The molecule has 3 fully saturated rings. The monoisotopic (exact) mass is 318 g/mol. The summed E-state index contributed by atoms with van der Waals surface area (Å²) in [4.78, 5) is 18.3. The number of rotatable bonds is 3. The molecule has 0 unspecified atom stereocenters. The fourth-order valence-corrected chi connectivity index (χ4v) is 3.10. The van der Waals surface area contributed by atoms with E-state index in [0.717, 1.165) is 44.5 Å². The highest BCUT2D eigenvalue weighted by atomic mass is 16.7. The molecular weight excluding hydrogens is 296 g/mol. The molecule has 4 rings (SSSR count). The van der Waals surface area contributed by atoms with Gasteiger partial charge in [-0.2, -0.15) is 0 Å². The first-order chi connectivity index (χ1) is 11.2. The minimum absolute atomic E-state index is 0.178. The predicted octanol–water partition coefficient (Wildman–Crippen LogP) is 1.71. The number of nitrogens with zero attached hydrogens (tertiary/aromatic N) is 2. The lowest BCUT2D eigenvalue weighted by molar-refractivity contribution is -0.169. The Labute approximate surface area is 135 Å². The molecule has 1 aromatic rings. The number of carbonyl (C=O) groups is 1. The minimum atomic E-state index is -0.355. The van der Waals surface area contributed by atoms with Crippen LogP contribution in [0.4, 0.5) is 16.3 Å². The van der Waals surface area contributed by atoms with Gasteiger partial charge in [0.15, 0.2) is 5.79 Å². The van der Waals surface area contributed by atoms with Gasteiger partial charge in [0.1, 0.15) is 5.82 Å². The van der Waals surface area contributed by atoms with E-state index < -0.39 is 0 Å². The Morgan fingerprint density at radius 2 is 1.96 bits per heavy atom. The van der Waals surface area contributed by atoms with Crippen LogP contribution in [0, 0.1) is 0 Å². The van der Waals surface area contributed by atoms with Crippen molar-refractivity contribution in [2.45, 2.75) is 37.5 Å². The minimum Gasteiger partial charge on any atom is -0.370 e. The Hall–Kier alpha value is -1.86. The number of piperidine rings is 1. The second-order valence-electron chi connectivity index (χ2n) is 6.37. The number of anilines is 2. The van der Waals surface area contributed by atoms with Crippen LogP contribution >= 0.6 is 0 Å². The van der Waals surface area contributed by atoms with Crippen molar-refractivity contribution in [1.29, 1.82) is 0 Å². The third kappa shape index (κ3) is 3.40. The molecule has 2 aliphatic heterocycles. The molecule has 0 atom stereocenters. The zero-order chi connectivity index (χ0) is 15.7. The fourth-order valence-electron chi connectivity index (χ4n) is 3.10. The summed E-state index contributed by atoms with van der Waals surface area (Å²) in [6.07, 6.45) is 5.70. The summed E-state index contributed by atoms with van der Waals surface area (Å²) in [6.45, 7) is 3.17. The number of urea groups is 1. The van der Waals surface area contributed by atoms with Crippen LogP contribution in [-0.4, -0.2) is 49.1 Å². The van der Waals surface area contributed by atoms with Crippen LogP contribution in [-0.2, 0) is 9.47 Å². The molecule has 0 radical (unpaired) electrons. The Morgan fingerprint density at radius 3 is 2.57 bits per heavy atom. The van der Waals surface area contributed by atoms with Gasteiger partial charge in [-0.25, -0.2) is 9.78 Å². The van der Waals surface area contributed by atoms with Crippen molar-refractivity contribution < 1.29 is 14.3 Å². The highest BCUT2D eigenvalue weighted by Gasteiger charge is 2.39. The number of amides is 2. The Balaban J connectivity index is 1.32. The van der Waals surface area contributed by atoms with Crippen LogP contribution in [0.2, 0.25) is 0 Å². The van der Waals surface area contributed by atoms with E-state index in [4.69, 9.17) is 9.47 Å². The highest BCUT2D eigenvalue weighted by Crippen LogP contribution is 2.33. The topological polar surface area (TPSA) is 75.7 Å². The van der Waals surface area contributed by atoms with Gasteiger partial charge >= 0.3 is 6.03 Å². The summed E-state index contributed by atoms with van der Waals surface area (Å²) in [7, 11) is 0. The van der Waals surface area contributed by atoms with E-state index in [9.17, 15) is 4.79 Å². The Morgan fingerprint density at radius 1 is 1.22 bits per heavy atom. The number of aromatic nitrogens is 1. The van der Waals surface area contributed by atoms with Gasteiger partial charge in [0.05, 0.1) is 25.1 Å². The lowest BCUT2D eigenvalue weighted by atomic mass is 10.0. The van der Waals surface area contributed by atoms with Crippen LogP contribution < -0.4 is 15.5 Å². The van der Waals surface area contributed by atoms with Crippen molar-refractivity contribution in [2.24, 2.45) is 0 Å². The number of nitrogens with one attached hydrogen (secondary N) is 2. The standard InChI is InChI=1S/C16H22N4O3/c21-15(18-12-1-2-12)19-14-4-3-13(11-17-14)20-7-5-16(6-8-20)22-9-10-23-16/h3-4,11-12H,1-2,5-10H2,(H2,17,18,19,21). The summed E-state index contributed by atoms with van der Waals surface area (Å²) in [5, 5.41) is 5.64. The molecule has 7 heteroatoms. The summed E-state index contributed by atoms with van der Waals surface area (Å²) in [5.41, 5.74) is 1.06. The van der Waals surface area contributed by atoms with Crippen molar-refractivity contribution in [1.82, 2.24) is 10.3 Å². The van der Waals surface area contributed by atoms with Crippen LogP contribution in [0.5, 0.6) is 0 Å². The van der Waals surface area contributed by atoms with Gasteiger partial charge in [-0.05, 0) is 25.0 Å². The van der Waals surface area contributed by atoms with Crippen molar-refractivity contribution >= 4 is 17.5 Å². The van der Waals surface area contributed by atoms with Crippen LogP contribution in [0.1, 0.15) is 25.7 Å². The van der Waals surface area contributed by atoms with Gasteiger partial charge < -0.3 is 19.7 Å². The maximum absolute atomic E-state index is 11.7. The van der Waals surface area contributed by atoms with Crippen LogP contribution in [0.3, 0.4) is 0 Å². The molecule has 1 aromatic heterocycles. The summed E-state index contributed by atoms with van der Waals surface area (Å²) in [6, 6.07) is 4.00. The van der Waals surface area contributed by atoms with E-state index in [0.29, 0.717) is 25.1 Å². The average molecular weight is 318 g/mol. The lowest BCUT2D eigenvalue weighted by Crippen LogP contribution is -2.45. The van der Waals surface area contributed by atoms with E-state index in [1.807, 2.05) is 12.1 Å². The number of carbonyl (C=O) groups excluding carboxylic acids is 1. The molecule has 3 heterocycles. The SMILES string of the molecule is O=C(Nc1ccc(N2CCC3(CC2)OCCO3)cn1)NC1CC1. The smallest absolute Gasteiger partial charge is 0.320 e. The average Bonchev–Trinajstić information content (AvgIpc) is 3.26. The van der Waals surface area contributed by atoms with Crippen LogP contribution in [0.25, 0.3) is 0 Å². The zero-order valence-electron chi connectivity index (χ0n) is 13.1. The molecule has 2 saturated heterocycles. The molecule has 3 aliphatic rings. The molecule has 7 nitrogen and oxygen atoms in total. The molecular formula is C16H22N4O3. The molecule has 1 aliphatic carbocycles. The molecule has 2 N–H and O–H groups in total. The molecule has 1 spiro atoms. The molecule has 23 heavy (non-hydrogen) atoms. The maximum Gasteiger partial charge on any atom is 0.320 e. The summed E-state index contributed by atoms with van der Waals surface area (Å²) in [5.74, 6) is 0.217. The molecule has 2 amide bonds. The number of hydrogen-bond acceptors (Lipinski definition) is 5. The van der Waals surface area contributed by atoms with E-state index >= 15 is 0 Å². The highest BCUT2D eigenvalue weighted by molar-refractivity contribution is 5.88. The maximum atomic E-state index is 11.7. The fraction of sp³-hybridized carbons (Fsp3) is 0.625. The Kier molecular flexibility index (Phi) is 3.82. The quantitative estimate of drug-likeness (QED) is 0.887. The first kappa shape index (κ1) is 14.7. The van der Waals surface area contributed by atoms with Crippen molar-refractivity contribution in [3.63, 3.8) is 0 Å². The van der Waals surface area contributed by atoms with E-state index in [2.05, 4.69) is 20.5 Å². The summed E-state index contributed by atoms with van der Waals surface area (Å²) >= 11 is 0. The van der Waals surface area contributed by atoms with Crippen molar-refractivity contribution in [2.75, 3.05) is 36.5 Å². The second kappa shape index (κ2) is 5.98. The van der Waals surface area contributed by atoms with Gasteiger partial charge in [0.25, 0.3) is 0 Å². The first-order valence-electron chi connectivity index (χ1n) is 8.29. The van der Waals surface area contributed by atoms with Crippen molar-refractivity contribution in [3.05, 3.63) is 18.3 Å². The Bertz CT molecular complexity index is 557. The zero-order valence-corrected chi connectivity index (χ0v) is 13.1. The van der Waals surface area contributed by atoms with E-state index in [1.54, 1.807) is 6.20 Å². The number of ether oxygens (including phenoxy) is 2. The van der Waals surface area contributed by atoms with Crippen molar-refractivity contribution in [3.8, 4) is 0 Å². The predicted molar refractivity (Wildman–Crippen MR) is 85.5 cm³/mol. The van der Waals surface area contributed by atoms with E-state index in [-0.39, 0.29) is 11.8 Å². The molecule has 0 bridgehead atoms. The van der Waals surface area contributed by atoms with Gasteiger partial charge in [-0.1, -0.05) is 0 Å². The third-order valence-corrected chi connectivity index (χ3v) is 4.61. The lowest BCUT2D eigenvalue weighted by Gasteiger charge is -2.38. The van der Waals surface area contributed by atoms with E-state index in [1.165, 1.54) is 0 Å². The molecule has 1 saturated carbocycles. The third-order valence-electron chi connectivity index (χ3n) is 4.61. The van der Waals surface area contributed by atoms with Gasteiger partial charge in [-0.15, -0.1) is 0 Å². The summed E-state index contributed by atoms with van der Waals surface area (Å²) < 4.78 is 11.5. The van der Waals surface area contributed by atoms with Crippen LogP contribution in [0.15, 0.2) is 18.3 Å². The number of pyridine rings is 1. The molecule has 0 aromatic carbocycles. The largest absolute Gasteiger partial charge is 0.370 e. The number of hydrogen-bond donors (Lipinski definition) is 2. The van der Waals surface area contributed by atoms with Gasteiger partial charge in [0, 0.05) is 32.0 Å². The second-order valence-corrected chi connectivity index (χ2v) is 6.37. The van der Waals surface area contributed by atoms with Gasteiger partial charge in [-0.3, -0.25) is 5.32 Å². The van der Waals surface area contributed by atoms with Gasteiger partial charge in [0.2, 0.25) is 0 Å². The molecule has 124 valence electrons. The normalized spacial score (nSPS) is 23.0. The first-order valence-corrected chi connectivity index (χ1v) is 8.29.